The number of halogens is 1. The third kappa shape index (κ3) is 13.8. The predicted octanol–water partition coefficient (Wildman–Crippen LogP) is 6.67. The minimum atomic E-state index is -4.27. The van der Waals surface area contributed by atoms with Gasteiger partial charge in [0.1, 0.15) is 10.1 Å². The van der Waals surface area contributed by atoms with Crippen molar-refractivity contribution in [2.24, 2.45) is 0 Å². The Morgan fingerprint density at radius 2 is 1.17 bits per heavy atom. The Morgan fingerprint density at radius 3 is 1.47 bits per heavy atom. The molecule has 0 radical (unpaired) electrons. The summed E-state index contributed by atoms with van der Waals surface area (Å²) in [4.78, 5) is -0.178. The topological polar surface area (TPSA) is 57.2 Å². The lowest BCUT2D eigenvalue weighted by molar-refractivity contribution is -0.926. The van der Waals surface area contributed by atoms with Gasteiger partial charge in [0, 0.05) is 0 Å². The number of rotatable bonds is 15. The maximum Gasteiger partial charge on any atom is 0.124 e. The van der Waals surface area contributed by atoms with E-state index < -0.39 is 10.1 Å². The zero-order chi connectivity index (χ0) is 22.9. The van der Waals surface area contributed by atoms with Gasteiger partial charge in [-0.2, -0.15) is 0 Å². The molecule has 1 aromatic rings. The number of alkyl halides is 1. The van der Waals surface area contributed by atoms with E-state index in [-0.39, 0.29) is 4.90 Å². The first-order valence-electron chi connectivity index (χ1n) is 11.7. The van der Waals surface area contributed by atoms with Gasteiger partial charge in [-0.15, -0.1) is 0 Å². The summed E-state index contributed by atoms with van der Waals surface area (Å²) in [6.45, 7) is 14.3. The molecule has 0 saturated carbocycles. The molecule has 6 heteroatoms. The fraction of sp³-hybridized carbons (Fsp3) is 0.750. The van der Waals surface area contributed by atoms with Gasteiger partial charge in [-0.05, 0) is 57.6 Å². The largest absolute Gasteiger partial charge is 0.744 e. The smallest absolute Gasteiger partial charge is 0.124 e. The molecule has 0 aromatic heterocycles. The molecule has 1 rings (SSSR count). The van der Waals surface area contributed by atoms with Crippen LogP contribution in [0.3, 0.4) is 0 Å². The van der Waals surface area contributed by atoms with Crippen LogP contribution in [0.4, 0.5) is 0 Å². The summed E-state index contributed by atoms with van der Waals surface area (Å²) < 4.78 is 32.5. The number of unbranched alkanes of at least 4 members (excludes halogenated alkanes) is 6. The number of aryl methyl sites for hydroxylation is 1. The molecule has 0 spiro atoms. The third-order valence-corrected chi connectivity index (χ3v) is 6.78. The van der Waals surface area contributed by atoms with Gasteiger partial charge in [-0.3, -0.25) is 0 Å². The van der Waals surface area contributed by atoms with Gasteiger partial charge in [0.2, 0.25) is 0 Å². The highest BCUT2D eigenvalue weighted by molar-refractivity contribution is 9.09. The molecule has 176 valence electrons. The number of benzene rings is 1. The van der Waals surface area contributed by atoms with Crippen molar-refractivity contribution in [2.45, 2.75) is 90.4 Å². The van der Waals surface area contributed by atoms with Crippen LogP contribution in [0.1, 0.15) is 84.1 Å². The van der Waals surface area contributed by atoms with E-state index in [0.717, 1.165) is 10.9 Å². The molecule has 0 aliphatic carbocycles. The minimum absolute atomic E-state index is 0.178. The number of hydrogen-bond donors (Lipinski definition) is 0. The molecular formula is C24H44BrNO3S. The van der Waals surface area contributed by atoms with Crippen molar-refractivity contribution in [2.75, 3.05) is 31.5 Å². The Labute approximate surface area is 194 Å². The molecule has 0 atom stereocenters. The molecule has 30 heavy (non-hydrogen) atoms. The van der Waals surface area contributed by atoms with Gasteiger partial charge < -0.3 is 9.04 Å². The van der Waals surface area contributed by atoms with Crippen LogP contribution in [0.25, 0.3) is 0 Å². The molecule has 0 amide bonds. The summed E-state index contributed by atoms with van der Waals surface area (Å²) in [6.07, 6.45) is 12.5. The van der Waals surface area contributed by atoms with E-state index in [2.05, 4.69) is 36.7 Å². The molecule has 4 nitrogen and oxygen atoms in total. The van der Waals surface area contributed by atoms with Crippen LogP contribution >= 0.6 is 15.9 Å². The highest BCUT2D eigenvalue weighted by Gasteiger charge is 2.25. The Kier molecular flexibility index (Phi) is 16.9. The highest BCUT2D eigenvalue weighted by Crippen LogP contribution is 2.17. The van der Waals surface area contributed by atoms with Crippen molar-refractivity contribution in [1.82, 2.24) is 0 Å². The van der Waals surface area contributed by atoms with Gasteiger partial charge in [-0.1, -0.05) is 73.7 Å². The summed E-state index contributed by atoms with van der Waals surface area (Å²) in [5.41, 5.74) is 0.928. The molecule has 0 saturated heterocycles. The molecule has 0 N–H and O–H groups in total. The molecule has 0 heterocycles. The van der Waals surface area contributed by atoms with E-state index in [1.54, 1.807) is 12.1 Å². The SMILES string of the molecule is CCCCC[N+](CCBr)(CCCCC)CCCCC.Cc1ccc(S(=O)(=O)[O-])cc1. The van der Waals surface area contributed by atoms with Crippen LogP contribution in [-0.2, 0) is 10.1 Å². The van der Waals surface area contributed by atoms with Crippen molar-refractivity contribution >= 4 is 26.0 Å². The lowest BCUT2D eigenvalue weighted by atomic mass is 10.1. The Balaban J connectivity index is 0.000000642. The third-order valence-electron chi connectivity index (χ3n) is 5.58. The van der Waals surface area contributed by atoms with E-state index in [9.17, 15) is 13.0 Å². The van der Waals surface area contributed by atoms with Crippen LogP contribution in [0.2, 0.25) is 0 Å². The summed E-state index contributed by atoms with van der Waals surface area (Å²) >= 11 is 3.70. The standard InChI is InChI=1S/C17H37BrN.C7H8O3S/c1-4-7-10-14-19(17-13-18,15-11-8-5-2)16-12-9-6-3;1-6-2-4-7(5-3-6)11(8,9)10/h4-17H2,1-3H3;2-5H,1H3,(H,8,9,10)/q+1;/p-1. The van der Waals surface area contributed by atoms with Crippen LogP contribution in [0.15, 0.2) is 29.2 Å². The Bertz CT molecular complexity index is 606. The first-order chi connectivity index (χ1) is 14.2. The number of quaternary nitrogens is 1. The first kappa shape index (κ1) is 29.6. The van der Waals surface area contributed by atoms with Crippen LogP contribution in [0, 0.1) is 6.92 Å². The predicted molar refractivity (Wildman–Crippen MR) is 131 cm³/mol. The lowest BCUT2D eigenvalue weighted by Gasteiger charge is -2.39. The fourth-order valence-corrected chi connectivity index (χ4v) is 4.87. The van der Waals surface area contributed by atoms with E-state index in [0.29, 0.717) is 0 Å². The number of hydrogen-bond acceptors (Lipinski definition) is 3. The minimum Gasteiger partial charge on any atom is -0.744 e. The van der Waals surface area contributed by atoms with Crippen LogP contribution < -0.4 is 0 Å². The molecule has 0 unspecified atom stereocenters. The van der Waals surface area contributed by atoms with Crippen molar-refractivity contribution in [3.8, 4) is 0 Å². The van der Waals surface area contributed by atoms with Crippen LogP contribution in [-0.4, -0.2) is 49.0 Å². The Hall–Kier alpha value is -0.430. The molecule has 0 aliphatic heterocycles. The van der Waals surface area contributed by atoms with E-state index in [4.69, 9.17) is 0 Å². The van der Waals surface area contributed by atoms with Crippen LogP contribution in [0.5, 0.6) is 0 Å². The Morgan fingerprint density at radius 1 is 0.767 bits per heavy atom. The quantitative estimate of drug-likeness (QED) is 0.116. The molecule has 1 aromatic carbocycles. The average Bonchev–Trinajstić information content (AvgIpc) is 2.69. The lowest BCUT2D eigenvalue weighted by Crippen LogP contribution is -2.51. The van der Waals surface area contributed by atoms with Crippen molar-refractivity contribution in [3.63, 3.8) is 0 Å². The van der Waals surface area contributed by atoms with Gasteiger partial charge in [0.05, 0.1) is 36.4 Å². The molecule has 0 fully saturated rings. The maximum atomic E-state index is 10.4. The molecule has 0 aliphatic rings. The maximum absolute atomic E-state index is 10.4. The van der Waals surface area contributed by atoms with Gasteiger partial charge in [0.25, 0.3) is 0 Å². The summed E-state index contributed by atoms with van der Waals surface area (Å²) in [5.74, 6) is 0. The first-order valence-corrected chi connectivity index (χ1v) is 14.2. The fourth-order valence-electron chi connectivity index (χ4n) is 3.65. The van der Waals surface area contributed by atoms with E-state index in [1.165, 1.54) is 101 Å². The van der Waals surface area contributed by atoms with Gasteiger partial charge in [0.15, 0.2) is 0 Å². The zero-order valence-electron chi connectivity index (χ0n) is 19.7. The molecule has 0 bridgehead atoms. The second kappa shape index (κ2) is 17.2. The average molecular weight is 507 g/mol. The van der Waals surface area contributed by atoms with Crippen molar-refractivity contribution in [3.05, 3.63) is 29.8 Å². The molecular weight excluding hydrogens is 462 g/mol. The second-order valence-electron chi connectivity index (χ2n) is 8.31. The monoisotopic (exact) mass is 505 g/mol. The second-order valence-corrected chi connectivity index (χ2v) is 10.5. The highest BCUT2D eigenvalue weighted by atomic mass is 79.9. The zero-order valence-corrected chi connectivity index (χ0v) is 22.1. The number of nitrogens with zero attached hydrogens (tertiary/aromatic N) is 1. The van der Waals surface area contributed by atoms with E-state index >= 15 is 0 Å². The summed E-state index contributed by atoms with van der Waals surface area (Å²) in [6, 6.07) is 5.78. The van der Waals surface area contributed by atoms with Crippen molar-refractivity contribution < 1.29 is 17.5 Å². The van der Waals surface area contributed by atoms with Gasteiger partial charge >= 0.3 is 0 Å². The van der Waals surface area contributed by atoms with E-state index in [1.807, 2.05) is 6.92 Å². The van der Waals surface area contributed by atoms with Gasteiger partial charge in [-0.25, -0.2) is 8.42 Å². The van der Waals surface area contributed by atoms with Crippen molar-refractivity contribution in [1.29, 1.82) is 0 Å². The summed E-state index contributed by atoms with van der Waals surface area (Å²) in [7, 11) is -4.27. The normalized spacial score (nSPS) is 11.8. The summed E-state index contributed by atoms with van der Waals surface area (Å²) in [5, 5.41) is 1.16.